The summed E-state index contributed by atoms with van der Waals surface area (Å²) in [5.41, 5.74) is -0.834. The van der Waals surface area contributed by atoms with Crippen LogP contribution in [-0.2, 0) is 21.1 Å². The lowest BCUT2D eigenvalue weighted by Crippen LogP contribution is -2.20. The largest absolute Gasteiger partial charge is 0.493 e. The molecule has 1 aliphatic rings. The van der Waals surface area contributed by atoms with Crippen LogP contribution in [0.5, 0.6) is 0 Å². The van der Waals surface area contributed by atoms with Crippen LogP contribution in [0.1, 0.15) is 26.7 Å². The van der Waals surface area contributed by atoms with Crippen molar-refractivity contribution < 1.29 is 35.9 Å². The minimum atomic E-state index is -5.05. The molecule has 3 nitrogen and oxygen atoms in total. The van der Waals surface area contributed by atoms with Gasteiger partial charge in [0.1, 0.15) is 5.76 Å². The zero-order chi connectivity index (χ0) is 18.8. The molecule has 0 heterocycles. The Bertz CT molecular complexity index is 590. The minimum Gasteiger partial charge on any atom is -0.493 e. The topological polar surface area (TPSA) is 38.7 Å². The highest BCUT2D eigenvalue weighted by molar-refractivity contribution is 7.84. The number of alkyl halides is 6. The molecular formula is C13H15F6NO2S2. The van der Waals surface area contributed by atoms with Crippen molar-refractivity contribution in [2.75, 3.05) is 6.61 Å². The molecule has 0 saturated carbocycles. The third-order valence-electron chi connectivity index (χ3n) is 3.09. The van der Waals surface area contributed by atoms with Crippen LogP contribution in [0, 0.1) is 5.41 Å². The van der Waals surface area contributed by atoms with Crippen LogP contribution in [0.2, 0.25) is 0 Å². The number of thiol groups is 2. The molecule has 0 aromatic heterocycles. The van der Waals surface area contributed by atoms with Gasteiger partial charge >= 0.3 is 18.3 Å². The van der Waals surface area contributed by atoms with E-state index in [0.29, 0.717) is 9.81 Å². The second-order valence-electron chi connectivity index (χ2n) is 5.44. The number of halogens is 6. The Labute approximate surface area is 143 Å². The average Bonchev–Trinajstić information content (AvgIpc) is 2.62. The highest BCUT2D eigenvalue weighted by atomic mass is 32.1. The van der Waals surface area contributed by atoms with E-state index in [0.717, 1.165) is 0 Å². The molecule has 0 atom stereocenters. The Morgan fingerprint density at radius 2 is 1.88 bits per heavy atom. The normalized spacial score (nSPS) is 18.6. The number of allylic oxidation sites excluding steroid dienone is 3. The Morgan fingerprint density at radius 1 is 1.29 bits per heavy atom. The van der Waals surface area contributed by atoms with E-state index in [4.69, 9.17) is 4.74 Å². The fourth-order valence-electron chi connectivity index (χ4n) is 1.68. The molecule has 1 aliphatic carbocycles. The molecule has 0 bridgehead atoms. The molecule has 24 heavy (non-hydrogen) atoms. The number of hydrogen-bond acceptors (Lipinski definition) is 3. The van der Waals surface area contributed by atoms with Crippen molar-refractivity contribution in [2.24, 2.45) is 9.78 Å². The van der Waals surface area contributed by atoms with Gasteiger partial charge in [0.15, 0.2) is 0 Å². The number of amides is 1. The van der Waals surface area contributed by atoms with E-state index in [2.05, 4.69) is 17.0 Å². The summed E-state index contributed by atoms with van der Waals surface area (Å²) in [6.07, 6.45) is -9.25. The Morgan fingerprint density at radius 3 is 2.38 bits per heavy atom. The van der Waals surface area contributed by atoms with E-state index in [1.165, 1.54) is 6.08 Å². The molecule has 0 unspecified atom stereocenters. The van der Waals surface area contributed by atoms with Gasteiger partial charge in [-0.05, 0) is 12.5 Å². The van der Waals surface area contributed by atoms with Crippen molar-refractivity contribution in [1.29, 1.82) is 0 Å². The van der Waals surface area contributed by atoms with Crippen molar-refractivity contribution in [1.82, 2.24) is 0 Å². The summed E-state index contributed by atoms with van der Waals surface area (Å²) in [4.78, 5) is 11.5. The maximum absolute atomic E-state index is 12.2. The minimum absolute atomic E-state index is 0.169. The van der Waals surface area contributed by atoms with E-state index in [9.17, 15) is 31.1 Å². The molecule has 0 N–H and O–H groups in total. The Kier molecular flexibility index (Phi) is 6.59. The van der Waals surface area contributed by atoms with Gasteiger partial charge in [-0.15, -0.1) is 12.6 Å². The van der Waals surface area contributed by atoms with Crippen LogP contribution in [0.3, 0.4) is 0 Å². The summed E-state index contributed by atoms with van der Waals surface area (Å²) in [5.74, 6) is -2.04. The highest BCUT2D eigenvalue weighted by Crippen LogP contribution is 2.45. The summed E-state index contributed by atoms with van der Waals surface area (Å²) in [6, 6.07) is 0. The average molecular weight is 395 g/mol. The van der Waals surface area contributed by atoms with Crippen LogP contribution >= 0.6 is 12.6 Å². The van der Waals surface area contributed by atoms with Gasteiger partial charge in [-0.25, -0.2) is 0 Å². The number of nitrogens with zero attached hydrogens (tertiary/aromatic N) is 1. The standard InChI is InChI=1S/C13H15F6NO2S2/c1-11(2)8(24-20-10(21)13(17,18)19)6-7(9(11)23)22-5-3-4-12(14,15)16/h6,23-24H,3-5H2,1-2H3. The molecule has 0 radical (unpaired) electrons. The number of ether oxygens (including phenoxy) is 1. The summed E-state index contributed by atoms with van der Waals surface area (Å²) < 4.78 is 80.8. The number of rotatable bonds is 5. The van der Waals surface area contributed by atoms with Crippen LogP contribution in [0.4, 0.5) is 26.3 Å². The number of carbonyl (C=O) groups excluding carboxylic acids is 1. The number of carbonyl (C=O) groups is 1. The Balaban J connectivity index is 2.77. The number of hydrogen-bond donors (Lipinski definition) is 2. The van der Waals surface area contributed by atoms with Gasteiger partial charge in [0.25, 0.3) is 0 Å². The first kappa shape index (κ1) is 21.1. The second kappa shape index (κ2) is 7.51. The smallest absolute Gasteiger partial charge is 0.474 e. The van der Waals surface area contributed by atoms with Gasteiger partial charge in [-0.2, -0.15) is 30.7 Å². The zero-order valence-corrected chi connectivity index (χ0v) is 14.4. The predicted molar refractivity (Wildman–Crippen MR) is 81.4 cm³/mol. The van der Waals surface area contributed by atoms with E-state index >= 15 is 0 Å². The van der Waals surface area contributed by atoms with E-state index < -0.39 is 30.1 Å². The predicted octanol–water partition coefficient (Wildman–Crippen LogP) is 4.50. The summed E-state index contributed by atoms with van der Waals surface area (Å²) in [6.45, 7) is 3.05. The van der Waals surface area contributed by atoms with Gasteiger partial charge in [0, 0.05) is 21.6 Å². The summed E-state index contributed by atoms with van der Waals surface area (Å²) >= 11 is 4.00. The second-order valence-corrected chi connectivity index (χ2v) is 6.77. The van der Waals surface area contributed by atoms with Gasteiger partial charge in [-0.1, -0.05) is 25.4 Å². The van der Waals surface area contributed by atoms with Crippen molar-refractivity contribution >= 4 is 30.1 Å². The van der Waals surface area contributed by atoms with Crippen molar-refractivity contribution in [3.05, 3.63) is 21.6 Å². The molecule has 0 aromatic rings. The maximum Gasteiger partial charge on any atom is 0.474 e. The molecule has 0 aliphatic heterocycles. The van der Waals surface area contributed by atoms with Gasteiger partial charge in [0.05, 0.1) is 6.61 Å². The molecule has 0 fully saturated rings. The van der Waals surface area contributed by atoms with Crippen LogP contribution in [0.25, 0.3) is 0 Å². The Hall–Kier alpha value is -0.970. The molecule has 138 valence electrons. The van der Waals surface area contributed by atoms with Gasteiger partial charge in [-0.3, -0.25) is 4.79 Å². The first-order valence-electron chi connectivity index (χ1n) is 6.63. The fraction of sp³-hybridized carbons (Fsp3) is 0.615. The van der Waals surface area contributed by atoms with Crippen molar-refractivity contribution in [3.8, 4) is 0 Å². The van der Waals surface area contributed by atoms with Gasteiger partial charge < -0.3 is 4.74 Å². The fourth-order valence-corrected chi connectivity index (χ4v) is 2.86. The van der Waals surface area contributed by atoms with E-state index in [1.54, 1.807) is 13.8 Å². The summed E-state index contributed by atoms with van der Waals surface area (Å²) in [7, 11) is 0. The van der Waals surface area contributed by atoms with Crippen LogP contribution in [0.15, 0.2) is 26.0 Å². The molecular weight excluding hydrogens is 380 g/mol. The maximum atomic E-state index is 12.2. The van der Waals surface area contributed by atoms with Crippen LogP contribution in [-0.4, -0.2) is 24.9 Å². The molecule has 1 rings (SSSR count). The SMILES string of the molecule is CC1(C)C([SH]=NC(=O)C(F)(F)F)=CC(OCCCC(F)(F)F)=C1S. The van der Waals surface area contributed by atoms with Crippen LogP contribution < -0.4 is 0 Å². The quantitative estimate of drug-likeness (QED) is 0.409. The lowest BCUT2D eigenvalue weighted by atomic mass is 9.95. The highest BCUT2D eigenvalue weighted by Gasteiger charge is 2.39. The zero-order valence-electron chi connectivity index (χ0n) is 12.6. The first-order valence-corrected chi connectivity index (χ1v) is 7.93. The van der Waals surface area contributed by atoms with E-state index in [1.807, 2.05) is 0 Å². The molecule has 11 heteroatoms. The molecule has 0 aromatic carbocycles. The monoisotopic (exact) mass is 395 g/mol. The molecule has 0 saturated heterocycles. The third kappa shape index (κ3) is 5.83. The summed E-state index contributed by atoms with van der Waals surface area (Å²) in [5, 5.41) is 0. The van der Waals surface area contributed by atoms with E-state index in [-0.39, 0.29) is 30.3 Å². The third-order valence-corrected chi connectivity index (χ3v) is 5.05. The van der Waals surface area contributed by atoms with Gasteiger partial charge in [0.2, 0.25) is 0 Å². The molecule has 0 spiro atoms. The molecule has 1 amide bonds. The lowest BCUT2D eigenvalue weighted by Gasteiger charge is -2.21. The first-order chi connectivity index (χ1) is 10.7. The lowest BCUT2D eigenvalue weighted by molar-refractivity contribution is -0.169. The van der Waals surface area contributed by atoms with Crippen molar-refractivity contribution in [2.45, 2.75) is 39.0 Å². The van der Waals surface area contributed by atoms with Crippen molar-refractivity contribution in [3.63, 3.8) is 0 Å².